The number of hydrogen-bond donors (Lipinski definition) is 1. The van der Waals surface area contributed by atoms with Gasteiger partial charge in [-0.05, 0) is 50.1 Å². The molecular formula is C20H21ClF2N2O4S. The molecule has 10 heteroatoms. The summed E-state index contributed by atoms with van der Waals surface area (Å²) in [5, 5.41) is 2.77. The molecule has 1 saturated heterocycles. The summed E-state index contributed by atoms with van der Waals surface area (Å²) < 4.78 is 59.5. The molecule has 0 bridgehead atoms. The molecule has 0 aliphatic carbocycles. The monoisotopic (exact) mass is 458 g/mol. The van der Waals surface area contributed by atoms with Gasteiger partial charge < -0.3 is 10.1 Å². The lowest BCUT2D eigenvalue weighted by molar-refractivity contribution is -0.120. The Morgan fingerprint density at radius 3 is 2.70 bits per heavy atom. The van der Waals surface area contributed by atoms with Crippen molar-refractivity contribution in [1.29, 1.82) is 0 Å². The van der Waals surface area contributed by atoms with Crippen LogP contribution in [-0.2, 0) is 14.8 Å². The van der Waals surface area contributed by atoms with Crippen molar-refractivity contribution < 1.29 is 26.7 Å². The van der Waals surface area contributed by atoms with Gasteiger partial charge in [-0.25, -0.2) is 17.2 Å². The highest BCUT2D eigenvalue weighted by molar-refractivity contribution is 7.89. The lowest BCUT2D eigenvalue weighted by Gasteiger charge is -2.31. The lowest BCUT2D eigenvalue weighted by atomic mass is 9.98. The van der Waals surface area contributed by atoms with Crippen LogP contribution < -0.4 is 10.1 Å². The molecule has 6 nitrogen and oxygen atoms in total. The first-order valence-electron chi connectivity index (χ1n) is 9.40. The molecule has 2 aromatic carbocycles. The second-order valence-electron chi connectivity index (χ2n) is 6.84. The van der Waals surface area contributed by atoms with Crippen LogP contribution in [-0.4, -0.2) is 38.3 Å². The van der Waals surface area contributed by atoms with Gasteiger partial charge in [0.1, 0.15) is 10.6 Å². The Labute approximate surface area is 178 Å². The molecule has 1 fully saturated rings. The molecule has 1 amide bonds. The Balaban J connectivity index is 1.79. The van der Waals surface area contributed by atoms with E-state index in [9.17, 15) is 22.0 Å². The first kappa shape index (κ1) is 22.5. The summed E-state index contributed by atoms with van der Waals surface area (Å²) >= 11 is 6.00. The number of nitrogens with zero attached hydrogens (tertiary/aromatic N) is 1. The molecule has 1 atom stereocenters. The van der Waals surface area contributed by atoms with Crippen LogP contribution in [0.25, 0.3) is 0 Å². The van der Waals surface area contributed by atoms with Crippen LogP contribution in [0.15, 0.2) is 41.3 Å². The van der Waals surface area contributed by atoms with Gasteiger partial charge in [-0.3, -0.25) is 4.79 Å². The molecule has 0 aromatic heterocycles. The number of nitrogens with one attached hydrogen (secondary N) is 1. The topological polar surface area (TPSA) is 75.7 Å². The number of benzene rings is 2. The molecule has 1 aliphatic rings. The summed E-state index contributed by atoms with van der Waals surface area (Å²) in [6.07, 6.45) is 0.940. The molecule has 3 rings (SSSR count). The molecule has 1 N–H and O–H groups in total. The number of piperidine rings is 1. The van der Waals surface area contributed by atoms with Crippen molar-refractivity contribution in [3.05, 3.63) is 53.1 Å². The zero-order valence-corrected chi connectivity index (χ0v) is 17.8. The van der Waals surface area contributed by atoms with Gasteiger partial charge in [0.2, 0.25) is 15.9 Å². The van der Waals surface area contributed by atoms with Crippen LogP contribution in [0.2, 0.25) is 5.02 Å². The fourth-order valence-corrected chi connectivity index (χ4v) is 5.21. The summed E-state index contributed by atoms with van der Waals surface area (Å²) in [6.45, 7) is 2.22. The standard InChI is InChI=1S/C20H21ClF2N2O4S/c1-2-29-18-8-5-14(21)10-19(18)30(27,28)25-9-3-4-13(12-25)20(26)24-15-6-7-16(22)17(23)11-15/h5-8,10-11,13H,2-4,9,12H2,1H3,(H,24,26). The van der Waals surface area contributed by atoms with E-state index in [1.54, 1.807) is 13.0 Å². The highest BCUT2D eigenvalue weighted by Gasteiger charge is 2.35. The van der Waals surface area contributed by atoms with Crippen LogP contribution in [0, 0.1) is 17.6 Å². The SMILES string of the molecule is CCOc1ccc(Cl)cc1S(=O)(=O)N1CCCC(C(=O)Nc2ccc(F)c(F)c2)C1. The quantitative estimate of drug-likeness (QED) is 0.708. The highest BCUT2D eigenvalue weighted by atomic mass is 35.5. The first-order valence-corrected chi connectivity index (χ1v) is 11.2. The Morgan fingerprint density at radius 2 is 2.00 bits per heavy atom. The van der Waals surface area contributed by atoms with Crippen molar-refractivity contribution in [2.24, 2.45) is 5.92 Å². The van der Waals surface area contributed by atoms with Gasteiger partial charge in [0.05, 0.1) is 12.5 Å². The number of carbonyl (C=O) groups is 1. The number of sulfonamides is 1. The van der Waals surface area contributed by atoms with Crippen molar-refractivity contribution in [3.8, 4) is 5.75 Å². The smallest absolute Gasteiger partial charge is 0.246 e. The van der Waals surface area contributed by atoms with Gasteiger partial charge in [0, 0.05) is 29.9 Å². The summed E-state index contributed by atoms with van der Waals surface area (Å²) in [5.41, 5.74) is 0.104. The van der Waals surface area contributed by atoms with Gasteiger partial charge in [-0.2, -0.15) is 4.31 Å². The third-order valence-electron chi connectivity index (χ3n) is 4.77. The number of hydrogen-bond acceptors (Lipinski definition) is 4. The highest BCUT2D eigenvalue weighted by Crippen LogP contribution is 2.32. The minimum atomic E-state index is -3.95. The largest absolute Gasteiger partial charge is 0.492 e. The summed E-state index contributed by atoms with van der Waals surface area (Å²) in [6, 6.07) is 7.40. The molecule has 162 valence electrons. The van der Waals surface area contributed by atoms with Crippen molar-refractivity contribution in [3.63, 3.8) is 0 Å². The minimum absolute atomic E-state index is 0.0457. The fraction of sp³-hybridized carbons (Fsp3) is 0.350. The maximum atomic E-state index is 13.4. The average Bonchev–Trinajstić information content (AvgIpc) is 2.72. The van der Waals surface area contributed by atoms with E-state index in [0.717, 1.165) is 12.1 Å². The second kappa shape index (κ2) is 9.28. The van der Waals surface area contributed by atoms with Gasteiger partial charge in [-0.1, -0.05) is 11.6 Å². The third kappa shape index (κ3) is 4.91. The molecule has 1 aliphatic heterocycles. The normalized spacial score (nSPS) is 17.5. The van der Waals surface area contributed by atoms with E-state index in [2.05, 4.69) is 5.32 Å². The van der Waals surface area contributed by atoms with E-state index in [1.165, 1.54) is 22.5 Å². The summed E-state index contributed by atoms with van der Waals surface area (Å²) in [4.78, 5) is 12.5. The number of carbonyl (C=O) groups excluding carboxylic acids is 1. The van der Waals surface area contributed by atoms with Crippen molar-refractivity contribution in [2.45, 2.75) is 24.7 Å². The molecule has 0 spiro atoms. The molecule has 0 saturated carbocycles. The summed E-state index contributed by atoms with van der Waals surface area (Å²) in [7, 11) is -3.95. The van der Waals surface area contributed by atoms with Crippen LogP contribution in [0.4, 0.5) is 14.5 Å². The van der Waals surface area contributed by atoms with E-state index in [1.807, 2.05) is 0 Å². The van der Waals surface area contributed by atoms with Crippen LogP contribution >= 0.6 is 11.6 Å². The van der Waals surface area contributed by atoms with Gasteiger partial charge in [0.15, 0.2) is 11.6 Å². The van der Waals surface area contributed by atoms with Gasteiger partial charge >= 0.3 is 0 Å². The maximum absolute atomic E-state index is 13.4. The van der Waals surface area contributed by atoms with Gasteiger partial charge in [0.25, 0.3) is 0 Å². The van der Waals surface area contributed by atoms with E-state index >= 15 is 0 Å². The molecule has 0 radical (unpaired) electrons. The van der Waals surface area contributed by atoms with Crippen molar-refractivity contribution >= 4 is 33.2 Å². The maximum Gasteiger partial charge on any atom is 0.246 e. The predicted molar refractivity (Wildman–Crippen MR) is 109 cm³/mol. The summed E-state index contributed by atoms with van der Waals surface area (Å²) in [5.74, 6) is -3.01. The fourth-order valence-electron chi connectivity index (χ4n) is 3.29. The van der Waals surface area contributed by atoms with Gasteiger partial charge in [-0.15, -0.1) is 0 Å². The molecule has 1 heterocycles. The van der Waals surface area contributed by atoms with E-state index < -0.39 is 33.5 Å². The molecule has 2 aromatic rings. The average molecular weight is 459 g/mol. The second-order valence-corrected chi connectivity index (χ2v) is 9.19. The van der Waals surface area contributed by atoms with Crippen molar-refractivity contribution in [1.82, 2.24) is 4.31 Å². The molecular weight excluding hydrogens is 438 g/mol. The number of halogens is 3. The first-order chi connectivity index (χ1) is 14.2. The predicted octanol–water partition coefficient (Wildman–Crippen LogP) is 4.06. The molecule has 1 unspecified atom stereocenters. The van der Waals surface area contributed by atoms with Crippen LogP contribution in [0.5, 0.6) is 5.75 Å². The third-order valence-corrected chi connectivity index (χ3v) is 6.89. The van der Waals surface area contributed by atoms with E-state index in [-0.39, 0.29) is 41.1 Å². The Hall–Kier alpha value is -2.23. The lowest BCUT2D eigenvalue weighted by Crippen LogP contribution is -2.43. The number of rotatable bonds is 6. The minimum Gasteiger partial charge on any atom is -0.492 e. The number of ether oxygens (including phenoxy) is 1. The zero-order valence-electron chi connectivity index (χ0n) is 16.2. The Kier molecular flexibility index (Phi) is 6.95. The zero-order chi connectivity index (χ0) is 21.9. The molecule has 30 heavy (non-hydrogen) atoms. The Morgan fingerprint density at radius 1 is 1.23 bits per heavy atom. The van der Waals surface area contributed by atoms with E-state index in [4.69, 9.17) is 16.3 Å². The van der Waals surface area contributed by atoms with E-state index in [0.29, 0.717) is 12.8 Å². The Bertz CT molecular complexity index is 1050. The number of anilines is 1. The van der Waals surface area contributed by atoms with Crippen molar-refractivity contribution in [2.75, 3.05) is 25.0 Å². The van der Waals surface area contributed by atoms with Crippen LogP contribution in [0.3, 0.4) is 0 Å². The van der Waals surface area contributed by atoms with Crippen LogP contribution in [0.1, 0.15) is 19.8 Å². The number of amides is 1.